The minimum atomic E-state index is -0.367. The molecule has 0 saturated carbocycles. The van der Waals surface area contributed by atoms with E-state index in [-0.39, 0.29) is 23.1 Å². The lowest BCUT2D eigenvalue weighted by atomic mass is 10.0. The highest BCUT2D eigenvalue weighted by atomic mass is 35.5. The number of pyridine rings is 1. The molecule has 3 rings (SSSR count). The van der Waals surface area contributed by atoms with Gasteiger partial charge in [0.25, 0.3) is 11.5 Å². The zero-order chi connectivity index (χ0) is 15.7. The third kappa shape index (κ3) is 3.05. The van der Waals surface area contributed by atoms with Gasteiger partial charge >= 0.3 is 0 Å². The van der Waals surface area contributed by atoms with E-state index in [9.17, 15) is 9.59 Å². The Kier molecular flexibility index (Phi) is 4.27. The number of aromatic amines is 1. The number of carbonyl (C=O) groups is 1. The quantitative estimate of drug-likeness (QED) is 0.885. The first kappa shape index (κ1) is 15.2. The first-order valence-electron chi connectivity index (χ1n) is 6.97. The molecule has 1 aromatic carbocycles. The summed E-state index contributed by atoms with van der Waals surface area (Å²) in [6, 6.07) is 8.86. The third-order valence-electron chi connectivity index (χ3n) is 3.62. The second-order valence-corrected chi connectivity index (χ2v) is 6.80. The zero-order valence-corrected chi connectivity index (χ0v) is 13.6. The fourth-order valence-corrected chi connectivity index (χ4v) is 3.79. The molecule has 0 spiro atoms. The Balaban J connectivity index is 1.87. The van der Waals surface area contributed by atoms with Gasteiger partial charge in [0.05, 0.1) is 6.04 Å². The Morgan fingerprint density at radius 3 is 2.95 bits per heavy atom. The van der Waals surface area contributed by atoms with Crippen LogP contribution in [0.1, 0.15) is 34.1 Å². The highest BCUT2D eigenvalue weighted by molar-refractivity contribution is 7.99. The van der Waals surface area contributed by atoms with E-state index in [1.807, 2.05) is 18.2 Å². The normalized spacial score (nSPS) is 16.9. The maximum absolute atomic E-state index is 12.4. The van der Waals surface area contributed by atoms with Crippen molar-refractivity contribution in [3.8, 4) is 0 Å². The number of thioether (sulfide) groups is 1. The van der Waals surface area contributed by atoms with Crippen molar-refractivity contribution >= 4 is 29.3 Å². The van der Waals surface area contributed by atoms with Crippen LogP contribution >= 0.6 is 23.4 Å². The molecule has 1 atom stereocenters. The predicted molar refractivity (Wildman–Crippen MR) is 88.8 cm³/mol. The fourth-order valence-electron chi connectivity index (χ4n) is 2.50. The van der Waals surface area contributed by atoms with Crippen LogP contribution in [0, 0.1) is 6.92 Å². The predicted octanol–water partition coefficient (Wildman–Crippen LogP) is 3.30. The van der Waals surface area contributed by atoms with Crippen LogP contribution in [0.15, 0.2) is 40.0 Å². The lowest BCUT2D eigenvalue weighted by molar-refractivity contribution is 0.0933. The summed E-state index contributed by atoms with van der Waals surface area (Å²) in [6.07, 6.45) is 0.813. The lowest BCUT2D eigenvalue weighted by Gasteiger charge is -2.26. The molecule has 4 nitrogen and oxygen atoms in total. The van der Waals surface area contributed by atoms with Crippen molar-refractivity contribution in [2.75, 3.05) is 5.75 Å². The van der Waals surface area contributed by atoms with Crippen LogP contribution in [0.5, 0.6) is 0 Å². The lowest BCUT2D eigenvalue weighted by Crippen LogP contribution is -2.34. The number of hydrogen-bond donors (Lipinski definition) is 2. The number of rotatable bonds is 2. The number of amides is 1. The van der Waals surface area contributed by atoms with Crippen LogP contribution in [-0.4, -0.2) is 16.6 Å². The van der Waals surface area contributed by atoms with Crippen molar-refractivity contribution in [1.29, 1.82) is 0 Å². The average molecular weight is 335 g/mol. The van der Waals surface area contributed by atoms with Crippen molar-refractivity contribution in [3.63, 3.8) is 0 Å². The molecule has 0 unspecified atom stereocenters. The van der Waals surface area contributed by atoms with Gasteiger partial charge < -0.3 is 10.3 Å². The van der Waals surface area contributed by atoms with E-state index in [0.717, 1.165) is 28.3 Å². The second-order valence-electron chi connectivity index (χ2n) is 5.23. The summed E-state index contributed by atoms with van der Waals surface area (Å²) in [7, 11) is 0. The zero-order valence-electron chi connectivity index (χ0n) is 12.0. The minimum Gasteiger partial charge on any atom is -0.345 e. The number of benzene rings is 1. The van der Waals surface area contributed by atoms with Gasteiger partial charge in [0.15, 0.2) is 0 Å². The van der Waals surface area contributed by atoms with E-state index < -0.39 is 0 Å². The maximum atomic E-state index is 12.4. The number of halogens is 1. The van der Waals surface area contributed by atoms with Gasteiger partial charge in [-0.05, 0) is 49.2 Å². The maximum Gasteiger partial charge on any atom is 0.260 e. The van der Waals surface area contributed by atoms with E-state index in [1.54, 1.807) is 30.8 Å². The molecule has 0 bridgehead atoms. The molecule has 6 heteroatoms. The Morgan fingerprint density at radius 1 is 1.36 bits per heavy atom. The first-order valence-corrected chi connectivity index (χ1v) is 8.34. The molecular formula is C16H15ClN2O2S. The molecule has 0 aliphatic carbocycles. The average Bonchev–Trinajstić information content (AvgIpc) is 2.47. The van der Waals surface area contributed by atoms with Gasteiger partial charge in [0, 0.05) is 21.4 Å². The van der Waals surface area contributed by atoms with Crippen molar-refractivity contribution < 1.29 is 4.79 Å². The summed E-state index contributed by atoms with van der Waals surface area (Å²) >= 11 is 7.81. The van der Waals surface area contributed by atoms with Gasteiger partial charge in [0.1, 0.15) is 5.56 Å². The number of hydrogen-bond acceptors (Lipinski definition) is 3. The van der Waals surface area contributed by atoms with E-state index in [1.165, 1.54) is 0 Å². The van der Waals surface area contributed by atoms with Gasteiger partial charge in [-0.1, -0.05) is 11.6 Å². The molecule has 0 saturated heterocycles. The Bertz CT molecular complexity index is 788. The van der Waals surface area contributed by atoms with Gasteiger partial charge in [-0.2, -0.15) is 0 Å². The number of aromatic nitrogens is 1. The summed E-state index contributed by atoms with van der Waals surface area (Å²) in [5, 5.41) is 3.59. The van der Waals surface area contributed by atoms with E-state index in [2.05, 4.69) is 10.3 Å². The third-order valence-corrected chi connectivity index (χ3v) is 4.97. The Morgan fingerprint density at radius 2 is 2.18 bits per heavy atom. The van der Waals surface area contributed by atoms with E-state index in [0.29, 0.717) is 5.02 Å². The highest BCUT2D eigenvalue weighted by Gasteiger charge is 2.24. The standard InChI is InChI=1S/C16H15ClN2O2S/c1-9-2-4-11(15(20)18-9)16(21)19-13-6-7-22-14-5-3-10(17)8-12(13)14/h2-5,8,13H,6-7H2,1H3,(H,18,20)(H,19,21)/t13-/m1/s1. The Labute approximate surface area is 137 Å². The number of fused-ring (bicyclic) bond motifs is 1. The minimum absolute atomic E-state index is 0.122. The molecule has 0 radical (unpaired) electrons. The molecule has 1 aliphatic heterocycles. The van der Waals surface area contributed by atoms with E-state index >= 15 is 0 Å². The molecule has 114 valence electrons. The van der Waals surface area contributed by atoms with Crippen molar-refractivity contribution in [3.05, 3.63) is 62.5 Å². The van der Waals surface area contributed by atoms with Crippen LogP contribution in [-0.2, 0) is 0 Å². The van der Waals surface area contributed by atoms with Crippen LogP contribution < -0.4 is 10.9 Å². The smallest absolute Gasteiger partial charge is 0.260 e. The molecule has 1 amide bonds. The van der Waals surface area contributed by atoms with Crippen molar-refractivity contribution in [2.24, 2.45) is 0 Å². The van der Waals surface area contributed by atoms with Gasteiger partial charge in [-0.25, -0.2) is 0 Å². The highest BCUT2D eigenvalue weighted by Crippen LogP contribution is 2.37. The van der Waals surface area contributed by atoms with Crippen LogP contribution in [0.4, 0.5) is 0 Å². The Hall–Kier alpha value is -1.72. The second kappa shape index (κ2) is 6.18. The molecule has 2 aromatic rings. The molecule has 22 heavy (non-hydrogen) atoms. The van der Waals surface area contributed by atoms with Crippen molar-refractivity contribution in [1.82, 2.24) is 10.3 Å². The van der Waals surface area contributed by atoms with Gasteiger partial charge in [-0.15, -0.1) is 11.8 Å². The van der Waals surface area contributed by atoms with Crippen LogP contribution in [0.3, 0.4) is 0 Å². The van der Waals surface area contributed by atoms with Gasteiger partial charge in [0.2, 0.25) is 0 Å². The summed E-state index contributed by atoms with van der Waals surface area (Å²) < 4.78 is 0. The first-order chi connectivity index (χ1) is 10.5. The summed E-state index contributed by atoms with van der Waals surface area (Å²) in [5.74, 6) is 0.563. The monoisotopic (exact) mass is 334 g/mol. The molecule has 1 aromatic heterocycles. The fraction of sp³-hybridized carbons (Fsp3) is 0.250. The summed E-state index contributed by atoms with van der Waals surface area (Å²) in [6.45, 7) is 1.78. The molecule has 2 heterocycles. The van der Waals surface area contributed by atoms with Crippen LogP contribution in [0.25, 0.3) is 0 Å². The number of nitrogens with one attached hydrogen (secondary N) is 2. The topological polar surface area (TPSA) is 62.0 Å². The molecule has 1 aliphatic rings. The molecular weight excluding hydrogens is 320 g/mol. The number of H-pyrrole nitrogens is 1. The summed E-state index contributed by atoms with van der Waals surface area (Å²) in [5.41, 5.74) is 1.51. The molecule has 0 fully saturated rings. The SMILES string of the molecule is Cc1ccc(C(=O)N[C@@H]2CCSc3ccc(Cl)cc32)c(=O)[nH]1. The summed E-state index contributed by atoms with van der Waals surface area (Å²) in [4.78, 5) is 28.0. The van der Waals surface area contributed by atoms with E-state index in [4.69, 9.17) is 11.6 Å². The number of aryl methyl sites for hydroxylation is 1. The van der Waals surface area contributed by atoms with Gasteiger partial charge in [-0.3, -0.25) is 9.59 Å². The number of carbonyl (C=O) groups excluding carboxylic acids is 1. The van der Waals surface area contributed by atoms with Crippen LogP contribution in [0.2, 0.25) is 5.02 Å². The van der Waals surface area contributed by atoms with Crippen molar-refractivity contribution in [2.45, 2.75) is 24.3 Å². The molecule has 2 N–H and O–H groups in total. The largest absolute Gasteiger partial charge is 0.345 e.